The molecule has 1 unspecified atom stereocenters. The van der Waals surface area contributed by atoms with E-state index in [9.17, 15) is 0 Å². The number of nitrogens with one attached hydrogen (secondary N) is 1. The molecule has 92 valence electrons. The van der Waals surface area contributed by atoms with E-state index in [1.54, 1.807) is 7.11 Å². The molecule has 0 heterocycles. The van der Waals surface area contributed by atoms with Gasteiger partial charge in [-0.15, -0.1) is 0 Å². The smallest absolute Gasteiger partial charge is 0.0613 e. The second kappa shape index (κ2) is 12.0. The number of hydrogen-bond acceptors (Lipinski definition) is 3. The van der Waals surface area contributed by atoms with E-state index in [4.69, 9.17) is 9.47 Å². The van der Waals surface area contributed by atoms with Crippen molar-refractivity contribution in [2.24, 2.45) is 0 Å². The Morgan fingerprint density at radius 3 is 2.60 bits per heavy atom. The van der Waals surface area contributed by atoms with Crippen molar-refractivity contribution in [3.63, 3.8) is 0 Å². The second-order valence-electron chi connectivity index (χ2n) is 3.98. The van der Waals surface area contributed by atoms with Crippen molar-refractivity contribution in [1.82, 2.24) is 5.32 Å². The molecule has 3 nitrogen and oxygen atoms in total. The molecule has 1 atom stereocenters. The molecule has 0 aromatic carbocycles. The Kier molecular flexibility index (Phi) is 11.9. The number of rotatable bonds is 11. The van der Waals surface area contributed by atoms with Crippen molar-refractivity contribution in [2.75, 3.05) is 33.5 Å². The first-order valence-corrected chi connectivity index (χ1v) is 6.11. The first kappa shape index (κ1) is 14.9. The minimum atomic E-state index is 0.415. The Morgan fingerprint density at radius 1 is 1.13 bits per heavy atom. The van der Waals surface area contributed by atoms with Gasteiger partial charge < -0.3 is 14.8 Å². The van der Waals surface area contributed by atoms with Gasteiger partial charge in [-0.2, -0.15) is 0 Å². The number of methoxy groups -OCH3 is 1. The third-order valence-electron chi connectivity index (χ3n) is 2.30. The van der Waals surface area contributed by atoms with Gasteiger partial charge in [0.25, 0.3) is 0 Å². The highest BCUT2D eigenvalue weighted by Crippen LogP contribution is 1.98. The average molecular weight is 217 g/mol. The molecule has 0 aliphatic heterocycles. The van der Waals surface area contributed by atoms with E-state index in [1.807, 2.05) is 0 Å². The van der Waals surface area contributed by atoms with Crippen LogP contribution in [0, 0.1) is 0 Å². The Hall–Kier alpha value is -0.120. The van der Waals surface area contributed by atoms with Crippen LogP contribution in [0.1, 0.15) is 39.5 Å². The van der Waals surface area contributed by atoms with Crippen LogP contribution in [0.4, 0.5) is 0 Å². The van der Waals surface area contributed by atoms with Crippen LogP contribution in [0.25, 0.3) is 0 Å². The van der Waals surface area contributed by atoms with E-state index < -0.39 is 0 Å². The fourth-order valence-electron chi connectivity index (χ4n) is 1.42. The summed E-state index contributed by atoms with van der Waals surface area (Å²) in [7, 11) is 1.72. The Labute approximate surface area is 94.5 Å². The fourth-order valence-corrected chi connectivity index (χ4v) is 1.42. The van der Waals surface area contributed by atoms with Crippen molar-refractivity contribution < 1.29 is 9.47 Å². The predicted molar refractivity (Wildman–Crippen MR) is 64.3 cm³/mol. The van der Waals surface area contributed by atoms with Crippen molar-refractivity contribution in [1.29, 1.82) is 0 Å². The lowest BCUT2D eigenvalue weighted by atomic mass is 10.2. The maximum absolute atomic E-state index is 5.51. The molecule has 0 amide bonds. The molecule has 0 aliphatic carbocycles. The van der Waals surface area contributed by atoms with Gasteiger partial charge in [-0.25, -0.2) is 0 Å². The lowest BCUT2D eigenvalue weighted by molar-refractivity contribution is 0.122. The van der Waals surface area contributed by atoms with E-state index in [0.717, 1.165) is 26.4 Å². The molecule has 0 saturated carbocycles. The third kappa shape index (κ3) is 11.8. The van der Waals surface area contributed by atoms with Gasteiger partial charge in [0.2, 0.25) is 0 Å². The summed E-state index contributed by atoms with van der Waals surface area (Å²) in [5.74, 6) is 0. The largest absolute Gasteiger partial charge is 0.383 e. The summed E-state index contributed by atoms with van der Waals surface area (Å²) in [5, 5.41) is 3.34. The van der Waals surface area contributed by atoms with Crippen LogP contribution in [0.15, 0.2) is 0 Å². The highest BCUT2D eigenvalue weighted by molar-refractivity contribution is 4.57. The molecular formula is C12H27NO2. The van der Waals surface area contributed by atoms with E-state index in [2.05, 4.69) is 19.2 Å². The summed E-state index contributed by atoms with van der Waals surface area (Å²) >= 11 is 0. The van der Waals surface area contributed by atoms with Gasteiger partial charge in [0.05, 0.1) is 13.2 Å². The van der Waals surface area contributed by atoms with E-state index in [0.29, 0.717) is 6.04 Å². The van der Waals surface area contributed by atoms with Crippen molar-refractivity contribution in [3.05, 3.63) is 0 Å². The lowest BCUT2D eigenvalue weighted by Gasteiger charge is -2.12. The van der Waals surface area contributed by atoms with Gasteiger partial charge >= 0.3 is 0 Å². The van der Waals surface area contributed by atoms with E-state index in [1.165, 1.54) is 25.7 Å². The van der Waals surface area contributed by atoms with Crippen LogP contribution < -0.4 is 5.32 Å². The molecule has 0 aromatic rings. The highest BCUT2D eigenvalue weighted by Gasteiger charge is 1.98. The Morgan fingerprint density at radius 2 is 1.93 bits per heavy atom. The third-order valence-corrected chi connectivity index (χ3v) is 2.30. The first-order valence-electron chi connectivity index (χ1n) is 6.11. The molecule has 0 bridgehead atoms. The quantitative estimate of drug-likeness (QED) is 0.538. The van der Waals surface area contributed by atoms with Gasteiger partial charge in [-0.3, -0.25) is 0 Å². The van der Waals surface area contributed by atoms with Gasteiger partial charge in [0.15, 0.2) is 0 Å². The summed E-state index contributed by atoms with van der Waals surface area (Å²) in [6.07, 6.45) is 5.11. The number of ether oxygens (including phenoxy) is 2. The molecule has 0 radical (unpaired) electrons. The van der Waals surface area contributed by atoms with Gasteiger partial charge in [-0.1, -0.05) is 26.2 Å². The van der Waals surface area contributed by atoms with Crippen LogP contribution in [-0.4, -0.2) is 39.5 Å². The Balaban J connectivity index is 2.98. The summed E-state index contributed by atoms with van der Waals surface area (Å²) < 4.78 is 10.5. The molecule has 0 saturated heterocycles. The summed E-state index contributed by atoms with van der Waals surface area (Å²) in [4.78, 5) is 0. The van der Waals surface area contributed by atoms with Crippen LogP contribution >= 0.6 is 0 Å². The lowest BCUT2D eigenvalue weighted by Crippen LogP contribution is -2.32. The van der Waals surface area contributed by atoms with Gasteiger partial charge in [0.1, 0.15) is 0 Å². The molecule has 1 N–H and O–H groups in total. The van der Waals surface area contributed by atoms with Crippen LogP contribution in [-0.2, 0) is 9.47 Å². The topological polar surface area (TPSA) is 30.5 Å². The van der Waals surface area contributed by atoms with Crippen molar-refractivity contribution in [2.45, 2.75) is 45.6 Å². The summed E-state index contributed by atoms with van der Waals surface area (Å²) in [5.41, 5.74) is 0. The standard InChI is InChI=1S/C12H27NO2/c1-4-5-6-7-9-15-10-8-13-12(2)11-14-3/h12-13H,4-11H2,1-3H3. The molecule has 0 rings (SSSR count). The molecule has 3 heteroatoms. The van der Waals surface area contributed by atoms with Gasteiger partial charge in [-0.05, 0) is 13.3 Å². The molecule has 0 spiro atoms. The molecule has 0 aromatic heterocycles. The minimum Gasteiger partial charge on any atom is -0.383 e. The van der Waals surface area contributed by atoms with E-state index >= 15 is 0 Å². The molecule has 0 fully saturated rings. The van der Waals surface area contributed by atoms with Crippen molar-refractivity contribution >= 4 is 0 Å². The first-order chi connectivity index (χ1) is 7.31. The van der Waals surface area contributed by atoms with E-state index in [-0.39, 0.29) is 0 Å². The zero-order valence-corrected chi connectivity index (χ0v) is 10.6. The minimum absolute atomic E-state index is 0.415. The number of unbranched alkanes of at least 4 members (excludes halogenated alkanes) is 3. The zero-order chi connectivity index (χ0) is 11.4. The SMILES string of the molecule is CCCCCCOCCNC(C)COC. The zero-order valence-electron chi connectivity index (χ0n) is 10.6. The second-order valence-corrected chi connectivity index (χ2v) is 3.98. The number of hydrogen-bond donors (Lipinski definition) is 1. The van der Waals surface area contributed by atoms with Gasteiger partial charge in [0, 0.05) is 26.3 Å². The maximum atomic E-state index is 5.51. The molecular weight excluding hydrogens is 190 g/mol. The highest BCUT2D eigenvalue weighted by atomic mass is 16.5. The summed E-state index contributed by atoms with van der Waals surface area (Å²) in [6.45, 7) is 7.72. The monoisotopic (exact) mass is 217 g/mol. The van der Waals surface area contributed by atoms with Crippen LogP contribution in [0.2, 0.25) is 0 Å². The normalized spacial score (nSPS) is 13.0. The maximum Gasteiger partial charge on any atom is 0.0613 e. The Bertz CT molecular complexity index is 120. The van der Waals surface area contributed by atoms with Crippen LogP contribution in [0.3, 0.4) is 0 Å². The fraction of sp³-hybridized carbons (Fsp3) is 1.00. The predicted octanol–water partition coefficient (Wildman–Crippen LogP) is 2.21. The summed E-state index contributed by atoms with van der Waals surface area (Å²) in [6, 6.07) is 0.415. The molecule has 15 heavy (non-hydrogen) atoms. The van der Waals surface area contributed by atoms with Crippen molar-refractivity contribution in [3.8, 4) is 0 Å². The molecule has 0 aliphatic rings. The van der Waals surface area contributed by atoms with Crippen LogP contribution in [0.5, 0.6) is 0 Å². The average Bonchev–Trinajstić information content (AvgIpc) is 2.22.